The van der Waals surface area contributed by atoms with E-state index in [-0.39, 0.29) is 12.5 Å². The molecule has 0 aliphatic heterocycles. The zero-order chi connectivity index (χ0) is 14.4. The fourth-order valence-corrected chi connectivity index (χ4v) is 2.02. The molecule has 1 N–H and O–H groups in total. The van der Waals surface area contributed by atoms with Crippen molar-refractivity contribution in [3.05, 3.63) is 64.1 Å². The number of carbonyl (C=O) groups is 1. The molecule has 3 nitrogen and oxygen atoms in total. The summed E-state index contributed by atoms with van der Waals surface area (Å²) in [4.78, 5) is 11.7. The minimum atomic E-state index is -0.130. The molecule has 0 aliphatic carbocycles. The normalized spacial score (nSPS) is 10.1. The number of halogens is 1. The van der Waals surface area contributed by atoms with E-state index in [2.05, 4.69) is 27.3 Å². The number of ether oxygens (including phenoxy) is 1. The van der Waals surface area contributed by atoms with Crippen molar-refractivity contribution < 1.29 is 9.53 Å². The van der Waals surface area contributed by atoms with Crippen molar-refractivity contribution in [1.29, 1.82) is 0 Å². The van der Waals surface area contributed by atoms with E-state index in [0.717, 1.165) is 10.0 Å². The van der Waals surface area contributed by atoms with E-state index in [0.29, 0.717) is 12.3 Å². The van der Waals surface area contributed by atoms with Gasteiger partial charge in [-0.3, -0.25) is 4.79 Å². The molecular formula is C16H16BrNO2. The third-order valence-corrected chi connectivity index (χ3v) is 3.28. The molecule has 0 bridgehead atoms. The molecule has 0 saturated heterocycles. The van der Waals surface area contributed by atoms with E-state index in [4.69, 9.17) is 4.74 Å². The van der Waals surface area contributed by atoms with Crippen molar-refractivity contribution in [2.45, 2.75) is 13.5 Å². The summed E-state index contributed by atoms with van der Waals surface area (Å²) in [6.07, 6.45) is 0. The number of hydrogen-bond donors (Lipinski definition) is 1. The van der Waals surface area contributed by atoms with Crippen LogP contribution < -0.4 is 10.1 Å². The topological polar surface area (TPSA) is 38.3 Å². The lowest BCUT2D eigenvalue weighted by Crippen LogP contribution is -2.28. The smallest absolute Gasteiger partial charge is 0.258 e. The first kappa shape index (κ1) is 14.6. The van der Waals surface area contributed by atoms with Gasteiger partial charge in [0.25, 0.3) is 5.91 Å². The van der Waals surface area contributed by atoms with Crippen LogP contribution in [0.4, 0.5) is 0 Å². The van der Waals surface area contributed by atoms with E-state index in [9.17, 15) is 4.79 Å². The highest BCUT2D eigenvalue weighted by Crippen LogP contribution is 2.15. The Labute approximate surface area is 127 Å². The second-order valence-corrected chi connectivity index (χ2v) is 5.42. The zero-order valence-corrected chi connectivity index (χ0v) is 12.8. The van der Waals surface area contributed by atoms with Gasteiger partial charge >= 0.3 is 0 Å². The average molecular weight is 334 g/mol. The predicted octanol–water partition coefficient (Wildman–Crippen LogP) is 3.45. The van der Waals surface area contributed by atoms with Crippen molar-refractivity contribution >= 4 is 21.8 Å². The van der Waals surface area contributed by atoms with Gasteiger partial charge in [0.2, 0.25) is 0 Å². The Hall–Kier alpha value is -1.81. The molecule has 0 spiro atoms. The molecule has 0 heterocycles. The lowest BCUT2D eigenvalue weighted by molar-refractivity contribution is -0.123. The van der Waals surface area contributed by atoms with Gasteiger partial charge in [-0.1, -0.05) is 45.8 Å². The predicted molar refractivity (Wildman–Crippen MR) is 82.7 cm³/mol. The first-order valence-electron chi connectivity index (χ1n) is 6.34. The maximum absolute atomic E-state index is 11.7. The van der Waals surface area contributed by atoms with Crippen LogP contribution in [-0.4, -0.2) is 12.5 Å². The number of benzene rings is 2. The van der Waals surface area contributed by atoms with Crippen LogP contribution in [0, 0.1) is 6.92 Å². The molecule has 0 radical (unpaired) electrons. The number of hydrogen-bond acceptors (Lipinski definition) is 2. The fourth-order valence-electron chi connectivity index (χ4n) is 1.75. The summed E-state index contributed by atoms with van der Waals surface area (Å²) in [5, 5.41) is 2.83. The molecule has 0 aliphatic rings. The molecule has 1 amide bonds. The molecule has 2 rings (SSSR count). The Bertz CT molecular complexity index is 581. The third kappa shape index (κ3) is 4.70. The van der Waals surface area contributed by atoms with Gasteiger partial charge in [-0.25, -0.2) is 0 Å². The summed E-state index contributed by atoms with van der Waals surface area (Å²) in [5.74, 6) is 0.549. The highest BCUT2D eigenvalue weighted by atomic mass is 79.9. The van der Waals surface area contributed by atoms with Crippen LogP contribution in [-0.2, 0) is 11.3 Å². The first-order chi connectivity index (χ1) is 9.63. The molecule has 0 atom stereocenters. The molecule has 2 aromatic rings. The van der Waals surface area contributed by atoms with Gasteiger partial charge in [0.05, 0.1) is 0 Å². The summed E-state index contributed by atoms with van der Waals surface area (Å²) in [5.41, 5.74) is 2.27. The van der Waals surface area contributed by atoms with Crippen LogP contribution >= 0.6 is 15.9 Å². The first-order valence-corrected chi connectivity index (χ1v) is 7.13. The number of carbonyl (C=O) groups excluding carboxylic acids is 1. The minimum absolute atomic E-state index is 0.0213. The lowest BCUT2D eigenvalue weighted by Gasteiger charge is -2.08. The average Bonchev–Trinajstić information content (AvgIpc) is 2.45. The largest absolute Gasteiger partial charge is 0.484 e. The second kappa shape index (κ2) is 7.10. The Morgan fingerprint density at radius 3 is 2.65 bits per heavy atom. The van der Waals surface area contributed by atoms with Crippen LogP contribution in [0.15, 0.2) is 53.0 Å². The van der Waals surface area contributed by atoms with Crippen molar-refractivity contribution in [2.24, 2.45) is 0 Å². The summed E-state index contributed by atoms with van der Waals surface area (Å²) in [6, 6.07) is 15.4. The van der Waals surface area contributed by atoms with E-state index in [1.54, 1.807) is 0 Å². The van der Waals surface area contributed by atoms with Crippen LogP contribution in [0.3, 0.4) is 0 Å². The Morgan fingerprint density at radius 2 is 1.95 bits per heavy atom. The zero-order valence-electron chi connectivity index (χ0n) is 11.2. The fraction of sp³-hybridized carbons (Fsp3) is 0.188. The highest BCUT2D eigenvalue weighted by molar-refractivity contribution is 9.10. The third-order valence-electron chi connectivity index (χ3n) is 2.76. The van der Waals surface area contributed by atoms with Gasteiger partial charge in [-0.15, -0.1) is 0 Å². The van der Waals surface area contributed by atoms with Crippen LogP contribution in [0.25, 0.3) is 0 Å². The molecule has 0 fully saturated rings. The number of aryl methyl sites for hydroxylation is 1. The van der Waals surface area contributed by atoms with E-state index < -0.39 is 0 Å². The second-order valence-electron chi connectivity index (χ2n) is 4.51. The Balaban J connectivity index is 1.77. The van der Waals surface area contributed by atoms with Crippen molar-refractivity contribution in [3.8, 4) is 5.75 Å². The van der Waals surface area contributed by atoms with Gasteiger partial charge in [0.15, 0.2) is 6.61 Å². The maximum atomic E-state index is 11.7. The summed E-state index contributed by atoms with van der Waals surface area (Å²) < 4.78 is 6.38. The Morgan fingerprint density at radius 1 is 1.20 bits per heavy atom. The number of nitrogens with one attached hydrogen (secondary N) is 1. The van der Waals surface area contributed by atoms with Gasteiger partial charge in [0.1, 0.15) is 5.75 Å². The maximum Gasteiger partial charge on any atom is 0.258 e. The quantitative estimate of drug-likeness (QED) is 0.910. The molecule has 0 saturated carbocycles. The van der Waals surface area contributed by atoms with Gasteiger partial charge in [0, 0.05) is 11.0 Å². The van der Waals surface area contributed by atoms with Crippen molar-refractivity contribution in [1.82, 2.24) is 5.32 Å². The monoisotopic (exact) mass is 333 g/mol. The summed E-state index contributed by atoms with van der Waals surface area (Å²) in [6.45, 7) is 2.57. The number of amides is 1. The highest BCUT2D eigenvalue weighted by Gasteiger charge is 2.03. The summed E-state index contributed by atoms with van der Waals surface area (Å²) >= 11 is 3.35. The lowest BCUT2D eigenvalue weighted by atomic mass is 10.1. The van der Waals surface area contributed by atoms with Crippen molar-refractivity contribution in [2.75, 3.05) is 6.61 Å². The van der Waals surface area contributed by atoms with Crippen LogP contribution in [0.1, 0.15) is 11.1 Å². The molecule has 2 aromatic carbocycles. The van der Waals surface area contributed by atoms with Crippen molar-refractivity contribution in [3.63, 3.8) is 0 Å². The van der Waals surface area contributed by atoms with Crippen LogP contribution in [0.2, 0.25) is 0 Å². The summed E-state index contributed by atoms with van der Waals surface area (Å²) in [7, 11) is 0. The van der Waals surface area contributed by atoms with Crippen LogP contribution in [0.5, 0.6) is 5.75 Å². The molecule has 4 heteroatoms. The Kier molecular flexibility index (Phi) is 5.18. The number of rotatable bonds is 5. The standard InChI is InChI=1S/C16H16BrNO2/c1-12-3-2-4-13(9-12)10-18-16(19)11-20-15-7-5-14(17)6-8-15/h2-9H,10-11H2,1H3,(H,18,19). The van der Waals surface area contributed by atoms with E-state index in [1.165, 1.54) is 5.56 Å². The van der Waals surface area contributed by atoms with Gasteiger partial charge in [-0.2, -0.15) is 0 Å². The van der Waals surface area contributed by atoms with E-state index >= 15 is 0 Å². The van der Waals surface area contributed by atoms with Gasteiger partial charge < -0.3 is 10.1 Å². The van der Waals surface area contributed by atoms with Gasteiger partial charge in [-0.05, 0) is 36.8 Å². The molecule has 0 unspecified atom stereocenters. The van der Waals surface area contributed by atoms with E-state index in [1.807, 2.05) is 49.4 Å². The molecule has 0 aromatic heterocycles. The minimum Gasteiger partial charge on any atom is -0.484 e. The molecular weight excluding hydrogens is 318 g/mol. The molecule has 104 valence electrons. The molecule has 20 heavy (non-hydrogen) atoms. The SMILES string of the molecule is Cc1cccc(CNC(=O)COc2ccc(Br)cc2)c1.